The molecule has 32 heavy (non-hydrogen) atoms. The second-order valence-corrected chi connectivity index (χ2v) is 9.01. The molecule has 4 rings (SSSR count). The quantitative estimate of drug-likeness (QED) is 0.332. The first-order chi connectivity index (χ1) is 15.6. The zero-order valence-electron chi connectivity index (χ0n) is 17.2. The number of aryl methyl sites for hydroxylation is 1. The van der Waals surface area contributed by atoms with Gasteiger partial charge in [0.2, 0.25) is 11.0 Å². The van der Waals surface area contributed by atoms with Gasteiger partial charge in [0.25, 0.3) is 0 Å². The predicted molar refractivity (Wildman–Crippen MR) is 129 cm³/mol. The van der Waals surface area contributed by atoms with Gasteiger partial charge in [-0.15, -0.1) is 20.4 Å². The van der Waals surface area contributed by atoms with E-state index in [-0.39, 0.29) is 11.7 Å². The minimum absolute atomic E-state index is 0.171. The van der Waals surface area contributed by atoms with Crippen molar-refractivity contribution in [3.8, 4) is 5.69 Å². The maximum Gasteiger partial charge on any atom is 0.236 e. The first-order valence-electron chi connectivity index (χ1n) is 9.87. The lowest BCUT2D eigenvalue weighted by Crippen LogP contribution is -2.14. The number of amides is 1. The Balaban J connectivity index is 1.49. The number of thioether (sulfide) groups is 1. The van der Waals surface area contributed by atoms with Crippen LogP contribution in [-0.2, 0) is 17.8 Å². The Morgan fingerprint density at radius 1 is 1.06 bits per heavy atom. The van der Waals surface area contributed by atoms with E-state index >= 15 is 0 Å². The minimum Gasteiger partial charge on any atom is -0.377 e. The van der Waals surface area contributed by atoms with Gasteiger partial charge >= 0.3 is 0 Å². The van der Waals surface area contributed by atoms with Crippen LogP contribution in [0.1, 0.15) is 17.8 Å². The van der Waals surface area contributed by atoms with Crippen molar-refractivity contribution in [2.45, 2.75) is 25.0 Å². The maximum absolute atomic E-state index is 12.4. The van der Waals surface area contributed by atoms with Crippen molar-refractivity contribution in [2.24, 2.45) is 0 Å². The number of anilines is 2. The average Bonchev–Trinajstić information content (AvgIpc) is 3.44. The molecule has 4 aromatic rings. The van der Waals surface area contributed by atoms with Crippen LogP contribution in [0.15, 0.2) is 59.8 Å². The molecule has 0 aliphatic carbocycles. The number of hydrogen-bond donors (Lipinski definition) is 2. The minimum atomic E-state index is -0.174. The third-order valence-electron chi connectivity index (χ3n) is 4.37. The van der Waals surface area contributed by atoms with Crippen LogP contribution in [0, 0.1) is 0 Å². The van der Waals surface area contributed by atoms with Crippen LogP contribution in [0.4, 0.5) is 10.8 Å². The van der Waals surface area contributed by atoms with Crippen molar-refractivity contribution in [3.63, 3.8) is 0 Å². The van der Waals surface area contributed by atoms with E-state index in [1.54, 1.807) is 0 Å². The molecule has 2 aromatic heterocycles. The summed E-state index contributed by atoms with van der Waals surface area (Å²) in [6, 6.07) is 17.3. The van der Waals surface area contributed by atoms with E-state index in [4.69, 9.17) is 11.6 Å². The van der Waals surface area contributed by atoms with Crippen molar-refractivity contribution in [1.82, 2.24) is 25.0 Å². The average molecular weight is 486 g/mol. The SMILES string of the molecule is CCc1nnc(NC(=O)CSc2nnc(CNc3ccccc3Cl)n2-c2ccccc2)s1. The second-order valence-electron chi connectivity index (χ2n) is 6.59. The summed E-state index contributed by atoms with van der Waals surface area (Å²) in [5.41, 5.74) is 1.72. The number of carbonyl (C=O) groups excluding carboxylic acids is 1. The number of nitrogens with zero attached hydrogens (tertiary/aromatic N) is 5. The first kappa shape index (κ1) is 22.3. The first-order valence-corrected chi connectivity index (χ1v) is 12.0. The van der Waals surface area contributed by atoms with E-state index in [1.807, 2.05) is 66.1 Å². The predicted octanol–water partition coefficient (Wildman–Crippen LogP) is 4.68. The third kappa shape index (κ3) is 5.45. The van der Waals surface area contributed by atoms with Crippen LogP contribution in [0.3, 0.4) is 0 Å². The third-order valence-corrected chi connectivity index (χ3v) is 6.62. The van der Waals surface area contributed by atoms with Crippen LogP contribution in [0.2, 0.25) is 5.02 Å². The highest BCUT2D eigenvalue weighted by atomic mass is 35.5. The summed E-state index contributed by atoms with van der Waals surface area (Å²) < 4.78 is 1.93. The molecule has 0 atom stereocenters. The number of aromatic nitrogens is 5. The number of carbonyl (C=O) groups is 1. The van der Waals surface area contributed by atoms with Crippen LogP contribution >= 0.6 is 34.7 Å². The van der Waals surface area contributed by atoms with Gasteiger partial charge in [-0.3, -0.25) is 14.7 Å². The lowest BCUT2D eigenvalue weighted by molar-refractivity contribution is -0.113. The highest BCUT2D eigenvalue weighted by molar-refractivity contribution is 7.99. The molecular weight excluding hydrogens is 466 g/mol. The van der Waals surface area contributed by atoms with Gasteiger partial charge < -0.3 is 5.32 Å². The molecule has 0 spiro atoms. The lowest BCUT2D eigenvalue weighted by atomic mass is 10.3. The topological polar surface area (TPSA) is 97.6 Å². The van der Waals surface area contributed by atoms with Gasteiger partial charge in [-0.2, -0.15) is 0 Å². The summed E-state index contributed by atoms with van der Waals surface area (Å²) in [7, 11) is 0. The monoisotopic (exact) mass is 485 g/mol. The fraction of sp³-hybridized carbons (Fsp3) is 0.190. The Morgan fingerprint density at radius 3 is 2.59 bits per heavy atom. The molecule has 0 saturated carbocycles. The van der Waals surface area contributed by atoms with Gasteiger partial charge in [0.05, 0.1) is 23.0 Å². The summed E-state index contributed by atoms with van der Waals surface area (Å²) in [5, 5.41) is 25.4. The van der Waals surface area contributed by atoms with Gasteiger partial charge in [0.15, 0.2) is 11.0 Å². The largest absolute Gasteiger partial charge is 0.377 e. The molecular formula is C21H20ClN7OS2. The molecule has 11 heteroatoms. The van der Waals surface area contributed by atoms with Crippen molar-refractivity contribution in [1.29, 1.82) is 0 Å². The van der Waals surface area contributed by atoms with Gasteiger partial charge in [0, 0.05) is 5.69 Å². The standard InChI is InChI=1S/C21H20ClN7OS2/c1-2-19-26-27-20(32-19)24-18(30)13-31-21-28-25-17(29(21)14-8-4-3-5-9-14)12-23-16-11-7-6-10-15(16)22/h3-11,23H,2,12-13H2,1H3,(H,24,27,30). The van der Waals surface area contributed by atoms with E-state index in [1.165, 1.54) is 23.1 Å². The number of rotatable bonds is 9. The molecule has 2 N–H and O–H groups in total. The van der Waals surface area contributed by atoms with Crippen molar-refractivity contribution in [2.75, 3.05) is 16.4 Å². The van der Waals surface area contributed by atoms with Gasteiger partial charge in [-0.1, -0.05) is 72.0 Å². The Bertz CT molecular complexity index is 1200. The van der Waals surface area contributed by atoms with Gasteiger partial charge in [-0.05, 0) is 30.7 Å². The number of para-hydroxylation sites is 2. The Morgan fingerprint density at radius 2 is 1.84 bits per heavy atom. The molecule has 1 amide bonds. The van der Waals surface area contributed by atoms with E-state index in [9.17, 15) is 4.79 Å². The molecule has 0 aliphatic rings. The maximum atomic E-state index is 12.4. The molecule has 0 unspecified atom stereocenters. The van der Waals surface area contributed by atoms with E-state index in [2.05, 4.69) is 31.0 Å². The van der Waals surface area contributed by atoms with Crippen molar-refractivity contribution in [3.05, 3.63) is 70.5 Å². The van der Waals surface area contributed by atoms with Crippen LogP contribution in [0.25, 0.3) is 5.69 Å². The second kappa shape index (κ2) is 10.6. The Hall–Kier alpha value is -2.95. The summed E-state index contributed by atoms with van der Waals surface area (Å²) in [4.78, 5) is 12.4. The number of hydrogen-bond acceptors (Lipinski definition) is 8. The molecule has 0 fully saturated rings. The Kier molecular flexibility index (Phi) is 7.35. The zero-order valence-corrected chi connectivity index (χ0v) is 19.5. The number of halogens is 1. The molecule has 2 aromatic carbocycles. The van der Waals surface area contributed by atoms with Crippen LogP contribution in [0.5, 0.6) is 0 Å². The van der Waals surface area contributed by atoms with E-state index in [0.717, 1.165) is 22.8 Å². The van der Waals surface area contributed by atoms with Crippen molar-refractivity contribution < 1.29 is 4.79 Å². The lowest BCUT2D eigenvalue weighted by Gasteiger charge is -2.12. The molecule has 0 aliphatic heterocycles. The molecule has 0 radical (unpaired) electrons. The fourth-order valence-corrected chi connectivity index (χ4v) is 4.53. The Labute approximate surface area is 198 Å². The molecule has 0 saturated heterocycles. The summed E-state index contributed by atoms with van der Waals surface area (Å²) in [6.45, 7) is 2.42. The summed E-state index contributed by atoms with van der Waals surface area (Å²) in [5.74, 6) is 0.701. The molecule has 8 nitrogen and oxygen atoms in total. The van der Waals surface area contributed by atoms with Gasteiger partial charge in [-0.25, -0.2) is 0 Å². The highest BCUT2D eigenvalue weighted by Gasteiger charge is 2.17. The smallest absolute Gasteiger partial charge is 0.236 e. The molecule has 2 heterocycles. The van der Waals surface area contributed by atoms with E-state index < -0.39 is 0 Å². The number of nitrogens with one attached hydrogen (secondary N) is 2. The van der Waals surface area contributed by atoms with E-state index in [0.29, 0.717) is 27.7 Å². The van der Waals surface area contributed by atoms with Crippen molar-refractivity contribution >= 4 is 51.4 Å². The zero-order chi connectivity index (χ0) is 22.3. The highest BCUT2D eigenvalue weighted by Crippen LogP contribution is 2.25. The van der Waals surface area contributed by atoms with Crippen LogP contribution < -0.4 is 10.6 Å². The van der Waals surface area contributed by atoms with Gasteiger partial charge in [0.1, 0.15) is 5.01 Å². The summed E-state index contributed by atoms with van der Waals surface area (Å²) >= 11 is 8.94. The van der Waals surface area contributed by atoms with Crippen LogP contribution in [-0.4, -0.2) is 36.6 Å². The molecule has 0 bridgehead atoms. The normalized spacial score (nSPS) is 10.8. The summed E-state index contributed by atoms with van der Waals surface area (Å²) in [6.07, 6.45) is 0.785. The number of benzene rings is 2. The fourth-order valence-electron chi connectivity index (χ4n) is 2.86. The molecule has 164 valence electrons.